The highest BCUT2D eigenvalue weighted by Crippen LogP contribution is 2.38. The molecule has 2 aliphatic rings. The van der Waals surface area contributed by atoms with Crippen LogP contribution in [0.3, 0.4) is 0 Å². The quantitative estimate of drug-likeness (QED) is 0.411. The molecule has 1 aromatic rings. The third-order valence-corrected chi connectivity index (χ3v) is 6.47. The van der Waals surface area contributed by atoms with Gasteiger partial charge in [-0.2, -0.15) is 0 Å². The molecule has 0 bridgehead atoms. The molecule has 218 valence electrons. The van der Waals surface area contributed by atoms with Crippen molar-refractivity contribution in [1.82, 2.24) is 20.5 Å². The first-order chi connectivity index (χ1) is 18.1. The maximum atomic E-state index is 14.1. The highest BCUT2D eigenvalue weighted by Gasteiger charge is 2.43. The smallest absolute Gasteiger partial charge is 0.408 e. The lowest BCUT2D eigenvalue weighted by Gasteiger charge is -2.38. The Morgan fingerprint density at radius 1 is 1.21 bits per heavy atom. The second-order valence-corrected chi connectivity index (χ2v) is 10.9. The molecule has 1 saturated heterocycles. The molecular formula is C25H35F4N5O5. The van der Waals surface area contributed by atoms with E-state index >= 15 is 0 Å². The summed E-state index contributed by atoms with van der Waals surface area (Å²) in [6.45, 7) is 3.22. The van der Waals surface area contributed by atoms with Crippen LogP contribution in [0.15, 0.2) is 18.3 Å². The van der Waals surface area contributed by atoms with E-state index < -0.39 is 79.4 Å². The van der Waals surface area contributed by atoms with E-state index in [9.17, 15) is 31.9 Å². The Kier molecular flexibility index (Phi) is 9.29. The first-order valence-electron chi connectivity index (χ1n) is 12.6. The molecule has 4 amide bonds. The van der Waals surface area contributed by atoms with Gasteiger partial charge in [0.1, 0.15) is 17.5 Å². The maximum absolute atomic E-state index is 14.1. The molecule has 0 unspecified atom stereocenters. The Labute approximate surface area is 224 Å². The number of nitrogens with one attached hydrogen (secondary N) is 3. The van der Waals surface area contributed by atoms with Crippen molar-refractivity contribution >= 4 is 23.8 Å². The van der Waals surface area contributed by atoms with E-state index in [-0.39, 0.29) is 25.3 Å². The van der Waals surface area contributed by atoms with Gasteiger partial charge >= 0.3 is 12.1 Å². The number of carbonyl (C=O) groups is 3. The summed E-state index contributed by atoms with van der Waals surface area (Å²) < 4.78 is 66.1. The molecule has 0 radical (unpaired) electrons. The average Bonchev–Trinajstić information content (AvgIpc) is 2.82. The molecule has 1 aliphatic heterocycles. The van der Waals surface area contributed by atoms with Crippen molar-refractivity contribution in [3.05, 3.63) is 23.9 Å². The fourth-order valence-corrected chi connectivity index (χ4v) is 4.61. The molecule has 39 heavy (non-hydrogen) atoms. The van der Waals surface area contributed by atoms with Gasteiger partial charge < -0.3 is 30.3 Å². The number of halogens is 4. The largest absolute Gasteiger partial charge is 0.444 e. The SMILES string of the molecule is COC[C@H](c1ccnc(NC(=O)[C@H](NC(=O)OC(C)(C)C)C2CCC(F)(F)CC2)c1)N1CC(F)(F)CNC1=O. The van der Waals surface area contributed by atoms with Gasteiger partial charge in [-0.05, 0) is 57.2 Å². The van der Waals surface area contributed by atoms with Gasteiger partial charge in [0.15, 0.2) is 0 Å². The fourth-order valence-electron chi connectivity index (χ4n) is 4.61. The Morgan fingerprint density at radius 2 is 1.87 bits per heavy atom. The van der Waals surface area contributed by atoms with Gasteiger partial charge in [-0.1, -0.05) is 0 Å². The summed E-state index contributed by atoms with van der Waals surface area (Å²) in [5, 5.41) is 7.24. The number of rotatable bonds is 8. The van der Waals surface area contributed by atoms with Crippen molar-refractivity contribution in [1.29, 1.82) is 0 Å². The lowest BCUT2D eigenvalue weighted by atomic mass is 9.81. The summed E-state index contributed by atoms with van der Waals surface area (Å²) in [5.74, 6) is -7.26. The number of ether oxygens (including phenoxy) is 2. The number of anilines is 1. The zero-order valence-corrected chi connectivity index (χ0v) is 22.4. The Hall–Kier alpha value is -3.16. The number of amides is 4. The summed E-state index contributed by atoms with van der Waals surface area (Å²) in [5.41, 5.74) is -0.488. The van der Waals surface area contributed by atoms with Crippen molar-refractivity contribution in [2.75, 3.05) is 32.1 Å². The molecule has 14 heteroatoms. The molecule has 2 atom stereocenters. The molecule has 0 aromatic carbocycles. The lowest BCUT2D eigenvalue weighted by molar-refractivity contribution is -0.121. The second-order valence-electron chi connectivity index (χ2n) is 10.9. The van der Waals surface area contributed by atoms with E-state index in [4.69, 9.17) is 9.47 Å². The highest BCUT2D eigenvalue weighted by molar-refractivity contribution is 5.96. The molecule has 0 spiro atoms. The summed E-state index contributed by atoms with van der Waals surface area (Å²) in [6.07, 6.45) is -0.395. The minimum Gasteiger partial charge on any atom is -0.444 e. The monoisotopic (exact) mass is 561 g/mol. The Balaban J connectivity index is 1.81. The zero-order valence-electron chi connectivity index (χ0n) is 22.4. The molecular weight excluding hydrogens is 526 g/mol. The number of pyridine rings is 1. The van der Waals surface area contributed by atoms with Crippen LogP contribution >= 0.6 is 0 Å². The molecule has 1 saturated carbocycles. The van der Waals surface area contributed by atoms with Gasteiger partial charge in [0.2, 0.25) is 11.8 Å². The molecule has 1 aliphatic carbocycles. The Morgan fingerprint density at radius 3 is 2.49 bits per heavy atom. The van der Waals surface area contributed by atoms with E-state index in [1.807, 2.05) is 0 Å². The van der Waals surface area contributed by atoms with Gasteiger partial charge in [0.25, 0.3) is 5.92 Å². The van der Waals surface area contributed by atoms with Crippen LogP contribution in [0.2, 0.25) is 0 Å². The van der Waals surface area contributed by atoms with Crippen LogP contribution in [0.5, 0.6) is 0 Å². The minimum atomic E-state index is -3.15. The van der Waals surface area contributed by atoms with E-state index in [0.29, 0.717) is 5.56 Å². The van der Waals surface area contributed by atoms with Gasteiger partial charge in [0, 0.05) is 26.1 Å². The molecule has 2 fully saturated rings. The molecule has 3 rings (SSSR count). The summed E-state index contributed by atoms with van der Waals surface area (Å²) in [4.78, 5) is 43.2. The third-order valence-electron chi connectivity index (χ3n) is 6.47. The number of hydrogen-bond donors (Lipinski definition) is 3. The third kappa shape index (κ3) is 8.67. The molecule has 3 N–H and O–H groups in total. The number of urea groups is 1. The van der Waals surface area contributed by atoms with Gasteiger partial charge in [-0.15, -0.1) is 0 Å². The van der Waals surface area contributed by atoms with E-state index in [2.05, 4.69) is 20.9 Å². The number of nitrogens with zero attached hydrogens (tertiary/aromatic N) is 2. The van der Waals surface area contributed by atoms with E-state index in [1.54, 1.807) is 20.8 Å². The summed E-state index contributed by atoms with van der Waals surface area (Å²) >= 11 is 0. The first-order valence-corrected chi connectivity index (χ1v) is 12.6. The first kappa shape index (κ1) is 30.4. The van der Waals surface area contributed by atoms with Gasteiger partial charge in [-0.3, -0.25) is 4.79 Å². The van der Waals surface area contributed by atoms with Crippen LogP contribution in [-0.2, 0) is 14.3 Å². The lowest BCUT2D eigenvalue weighted by Crippen LogP contribution is -2.58. The molecule has 2 heterocycles. The highest BCUT2D eigenvalue weighted by atomic mass is 19.3. The zero-order chi connectivity index (χ0) is 29.0. The number of aromatic nitrogens is 1. The standard InChI is InChI=1S/C25H35F4N5O5/c1-23(2,3)39-22(37)33-19(15-5-8-24(26,27)9-6-15)20(35)32-18-11-16(7-10-30-18)17(12-38-4)34-14-25(28,29)13-31-21(34)36/h7,10-11,15,17,19H,5-6,8-9,12-14H2,1-4H3,(H,31,36)(H,33,37)(H,30,32,35)/t17-,19-/m1/s1. The Bertz CT molecular complexity index is 1040. The van der Waals surface area contributed by atoms with Crippen molar-refractivity contribution in [3.8, 4) is 0 Å². The van der Waals surface area contributed by atoms with Crippen LogP contribution in [0.1, 0.15) is 58.1 Å². The van der Waals surface area contributed by atoms with Crippen molar-refractivity contribution in [2.24, 2.45) is 5.92 Å². The number of carbonyl (C=O) groups excluding carboxylic acids is 3. The van der Waals surface area contributed by atoms with Crippen LogP contribution in [0.4, 0.5) is 33.0 Å². The van der Waals surface area contributed by atoms with Crippen molar-refractivity contribution in [3.63, 3.8) is 0 Å². The number of alkyl halides is 4. The van der Waals surface area contributed by atoms with Crippen LogP contribution in [0, 0.1) is 5.92 Å². The van der Waals surface area contributed by atoms with Crippen LogP contribution < -0.4 is 16.0 Å². The second kappa shape index (κ2) is 11.9. The normalized spacial score (nSPS) is 20.9. The van der Waals surface area contributed by atoms with Crippen LogP contribution in [0.25, 0.3) is 0 Å². The number of hydrogen-bond acceptors (Lipinski definition) is 6. The predicted molar refractivity (Wildman–Crippen MR) is 133 cm³/mol. The van der Waals surface area contributed by atoms with Crippen LogP contribution in [-0.4, -0.2) is 78.2 Å². The van der Waals surface area contributed by atoms with Crippen molar-refractivity contribution < 1.29 is 41.4 Å². The fraction of sp³-hybridized carbons (Fsp3) is 0.680. The summed E-state index contributed by atoms with van der Waals surface area (Å²) in [6, 6.07) is 0.0973. The topological polar surface area (TPSA) is 122 Å². The summed E-state index contributed by atoms with van der Waals surface area (Å²) in [7, 11) is 1.36. The van der Waals surface area contributed by atoms with Gasteiger partial charge in [0.05, 0.1) is 25.7 Å². The minimum absolute atomic E-state index is 0.00253. The maximum Gasteiger partial charge on any atom is 0.408 e. The predicted octanol–water partition coefficient (Wildman–Crippen LogP) is 4.09. The van der Waals surface area contributed by atoms with Crippen molar-refractivity contribution in [2.45, 2.75) is 76.0 Å². The average molecular weight is 562 g/mol. The van der Waals surface area contributed by atoms with E-state index in [1.165, 1.54) is 25.4 Å². The number of alkyl carbamates (subject to hydrolysis) is 1. The number of methoxy groups -OCH3 is 1. The molecule has 10 nitrogen and oxygen atoms in total. The van der Waals surface area contributed by atoms with Gasteiger partial charge in [-0.25, -0.2) is 32.1 Å². The molecule has 1 aromatic heterocycles. The van der Waals surface area contributed by atoms with E-state index in [0.717, 1.165) is 4.90 Å².